The van der Waals surface area contributed by atoms with Crippen LogP contribution in [0.1, 0.15) is 5.76 Å². The molecule has 0 aliphatic rings. The van der Waals surface area contributed by atoms with E-state index in [0.29, 0.717) is 28.1 Å². The maximum absolute atomic E-state index is 6.23. The van der Waals surface area contributed by atoms with E-state index in [4.69, 9.17) is 16.1 Å². The third-order valence-electron chi connectivity index (χ3n) is 3.08. The van der Waals surface area contributed by atoms with Crippen molar-refractivity contribution in [2.75, 3.05) is 0 Å². The fourth-order valence-electron chi connectivity index (χ4n) is 2.17. The Morgan fingerprint density at radius 2 is 1.95 bits per heavy atom. The van der Waals surface area contributed by atoms with Crippen LogP contribution in [0.15, 0.2) is 34.9 Å². The highest BCUT2D eigenvalue weighted by Crippen LogP contribution is 2.26. The van der Waals surface area contributed by atoms with Crippen molar-refractivity contribution in [3.8, 4) is 11.5 Å². The van der Waals surface area contributed by atoms with Gasteiger partial charge in [-0.15, -0.1) is 10.2 Å². The first-order chi connectivity index (χ1) is 9.74. The molecule has 0 spiro atoms. The summed E-state index contributed by atoms with van der Waals surface area (Å²) in [5, 5.41) is 18.7. The zero-order valence-electron chi connectivity index (χ0n) is 10.4. The molecule has 0 fully saturated rings. The number of nitrogens with zero attached hydrogens (tertiary/aromatic N) is 5. The SMILES string of the molecule is Cc1cc(-c2nnc3c4ccccc4c(Cl)nn23)no1. The molecule has 6 nitrogen and oxygen atoms in total. The Kier molecular flexibility index (Phi) is 2.28. The number of aromatic nitrogens is 5. The Labute approximate surface area is 118 Å². The topological polar surface area (TPSA) is 69.1 Å². The summed E-state index contributed by atoms with van der Waals surface area (Å²) in [6.45, 7) is 1.82. The van der Waals surface area contributed by atoms with Gasteiger partial charge in [0.2, 0.25) is 5.82 Å². The summed E-state index contributed by atoms with van der Waals surface area (Å²) in [5.74, 6) is 1.20. The summed E-state index contributed by atoms with van der Waals surface area (Å²) < 4.78 is 6.65. The predicted molar refractivity (Wildman–Crippen MR) is 73.5 cm³/mol. The summed E-state index contributed by atoms with van der Waals surface area (Å²) in [7, 11) is 0. The van der Waals surface area contributed by atoms with Crippen LogP contribution in [-0.2, 0) is 0 Å². The van der Waals surface area contributed by atoms with Crippen LogP contribution in [0.5, 0.6) is 0 Å². The fourth-order valence-corrected chi connectivity index (χ4v) is 2.41. The van der Waals surface area contributed by atoms with Gasteiger partial charge in [0.1, 0.15) is 5.76 Å². The van der Waals surface area contributed by atoms with Gasteiger partial charge in [-0.3, -0.25) is 0 Å². The average Bonchev–Trinajstić information content (AvgIpc) is 3.05. The van der Waals surface area contributed by atoms with E-state index in [0.717, 1.165) is 10.8 Å². The third-order valence-corrected chi connectivity index (χ3v) is 3.35. The molecule has 98 valence electrons. The first-order valence-electron chi connectivity index (χ1n) is 5.97. The first kappa shape index (κ1) is 11.4. The Hall–Kier alpha value is -2.47. The first-order valence-corrected chi connectivity index (χ1v) is 6.35. The van der Waals surface area contributed by atoms with E-state index in [1.165, 1.54) is 0 Å². The minimum absolute atomic E-state index is 0.398. The van der Waals surface area contributed by atoms with Gasteiger partial charge in [0.05, 0.1) is 0 Å². The van der Waals surface area contributed by atoms with Gasteiger partial charge in [0, 0.05) is 16.8 Å². The lowest BCUT2D eigenvalue weighted by molar-refractivity contribution is 0.399. The molecule has 7 heteroatoms. The molecule has 4 rings (SSSR count). The smallest absolute Gasteiger partial charge is 0.207 e. The number of benzene rings is 1. The summed E-state index contributed by atoms with van der Waals surface area (Å²) >= 11 is 6.23. The molecule has 0 unspecified atom stereocenters. The van der Waals surface area contributed by atoms with Crippen molar-refractivity contribution >= 4 is 28.0 Å². The molecular formula is C13H8ClN5O. The van der Waals surface area contributed by atoms with Crippen LogP contribution in [0.25, 0.3) is 27.9 Å². The fraction of sp³-hybridized carbons (Fsp3) is 0.0769. The van der Waals surface area contributed by atoms with Gasteiger partial charge in [-0.1, -0.05) is 41.0 Å². The van der Waals surface area contributed by atoms with Crippen LogP contribution in [0, 0.1) is 6.92 Å². The van der Waals surface area contributed by atoms with Crippen molar-refractivity contribution in [2.24, 2.45) is 0 Å². The normalized spacial score (nSPS) is 11.5. The van der Waals surface area contributed by atoms with Crippen LogP contribution >= 0.6 is 11.6 Å². The second-order valence-corrected chi connectivity index (χ2v) is 4.78. The monoisotopic (exact) mass is 285 g/mol. The number of rotatable bonds is 1. The van der Waals surface area contributed by atoms with Crippen molar-refractivity contribution in [1.82, 2.24) is 25.0 Å². The van der Waals surface area contributed by atoms with Gasteiger partial charge in [0.15, 0.2) is 16.5 Å². The molecule has 0 saturated heterocycles. The molecule has 0 atom stereocenters. The van der Waals surface area contributed by atoms with Gasteiger partial charge in [0.25, 0.3) is 0 Å². The van der Waals surface area contributed by atoms with Crippen LogP contribution in [0.4, 0.5) is 0 Å². The van der Waals surface area contributed by atoms with Crippen molar-refractivity contribution in [3.63, 3.8) is 0 Å². The maximum Gasteiger partial charge on any atom is 0.207 e. The summed E-state index contributed by atoms with van der Waals surface area (Å²) in [5.41, 5.74) is 1.22. The Morgan fingerprint density at radius 1 is 1.15 bits per heavy atom. The molecule has 0 radical (unpaired) electrons. The second kappa shape index (κ2) is 4.01. The summed E-state index contributed by atoms with van der Waals surface area (Å²) in [6, 6.07) is 9.45. The quantitative estimate of drug-likeness (QED) is 0.538. The number of hydrogen-bond donors (Lipinski definition) is 0. The van der Waals surface area contributed by atoms with Crippen molar-refractivity contribution in [2.45, 2.75) is 6.92 Å². The highest BCUT2D eigenvalue weighted by atomic mass is 35.5. The van der Waals surface area contributed by atoms with Crippen LogP contribution in [0.3, 0.4) is 0 Å². The standard InChI is InChI=1S/C13H8ClN5O/c1-7-6-10(18-20-7)13-16-15-12-9-5-3-2-4-8(9)11(14)17-19(12)13/h2-6H,1H3. The van der Waals surface area contributed by atoms with Crippen LogP contribution in [-0.4, -0.2) is 25.0 Å². The largest absolute Gasteiger partial charge is 0.361 e. The minimum Gasteiger partial charge on any atom is -0.361 e. The molecule has 0 amide bonds. The molecule has 0 N–H and O–H groups in total. The van der Waals surface area contributed by atoms with E-state index in [2.05, 4.69) is 20.5 Å². The zero-order chi connectivity index (χ0) is 13.7. The molecule has 0 saturated carbocycles. The Morgan fingerprint density at radius 3 is 2.70 bits per heavy atom. The van der Waals surface area contributed by atoms with Crippen molar-refractivity contribution < 1.29 is 4.52 Å². The molecule has 0 aliphatic carbocycles. The number of fused-ring (bicyclic) bond motifs is 3. The van der Waals surface area contributed by atoms with Gasteiger partial charge in [-0.05, 0) is 6.92 Å². The maximum atomic E-state index is 6.23. The van der Waals surface area contributed by atoms with Crippen LogP contribution < -0.4 is 0 Å². The number of hydrogen-bond acceptors (Lipinski definition) is 5. The lowest BCUT2D eigenvalue weighted by atomic mass is 10.2. The number of halogens is 1. The Balaban J connectivity index is 2.11. The summed E-state index contributed by atoms with van der Waals surface area (Å²) in [4.78, 5) is 0. The molecule has 20 heavy (non-hydrogen) atoms. The minimum atomic E-state index is 0.398. The van der Waals surface area contributed by atoms with Crippen LogP contribution in [0.2, 0.25) is 5.15 Å². The van der Waals surface area contributed by atoms with E-state index in [1.54, 1.807) is 10.6 Å². The molecular weight excluding hydrogens is 278 g/mol. The average molecular weight is 286 g/mol. The van der Waals surface area contributed by atoms with Crippen molar-refractivity contribution in [1.29, 1.82) is 0 Å². The van der Waals surface area contributed by atoms with E-state index in [9.17, 15) is 0 Å². The van der Waals surface area contributed by atoms with E-state index in [1.807, 2.05) is 31.2 Å². The molecule has 4 aromatic rings. The Bertz CT molecular complexity index is 942. The molecule has 0 aliphatic heterocycles. The summed E-state index contributed by atoms with van der Waals surface area (Å²) in [6.07, 6.45) is 0. The third kappa shape index (κ3) is 1.51. The lowest BCUT2D eigenvalue weighted by Gasteiger charge is -2.02. The molecule has 3 aromatic heterocycles. The highest BCUT2D eigenvalue weighted by Gasteiger charge is 2.16. The molecule has 1 aromatic carbocycles. The van der Waals surface area contributed by atoms with Gasteiger partial charge in [-0.2, -0.15) is 9.61 Å². The molecule has 3 heterocycles. The van der Waals surface area contributed by atoms with Gasteiger partial charge >= 0.3 is 0 Å². The van der Waals surface area contributed by atoms with E-state index < -0.39 is 0 Å². The molecule has 0 bridgehead atoms. The predicted octanol–water partition coefficient (Wildman–Crippen LogP) is 2.89. The zero-order valence-corrected chi connectivity index (χ0v) is 11.2. The van der Waals surface area contributed by atoms with Crippen molar-refractivity contribution in [3.05, 3.63) is 41.2 Å². The second-order valence-electron chi connectivity index (χ2n) is 4.42. The lowest BCUT2D eigenvalue weighted by Crippen LogP contribution is -1.97. The number of aryl methyl sites for hydroxylation is 1. The van der Waals surface area contributed by atoms with Gasteiger partial charge in [-0.25, -0.2) is 0 Å². The van der Waals surface area contributed by atoms with E-state index in [-0.39, 0.29) is 0 Å². The van der Waals surface area contributed by atoms with E-state index >= 15 is 0 Å². The van der Waals surface area contributed by atoms with Gasteiger partial charge < -0.3 is 4.52 Å². The highest BCUT2D eigenvalue weighted by molar-refractivity contribution is 6.34.